The number of primary amides is 1. The van der Waals surface area contributed by atoms with E-state index >= 15 is 0 Å². The highest BCUT2D eigenvalue weighted by atomic mass is 16.2. The van der Waals surface area contributed by atoms with Gasteiger partial charge in [0.25, 0.3) is 5.91 Å². The Labute approximate surface area is 139 Å². The molecule has 1 aliphatic rings. The number of amides is 2. The second-order valence-corrected chi connectivity index (χ2v) is 5.27. The van der Waals surface area contributed by atoms with E-state index in [1.165, 1.54) is 6.20 Å². The van der Waals surface area contributed by atoms with Crippen molar-refractivity contribution in [3.8, 4) is 0 Å². The summed E-state index contributed by atoms with van der Waals surface area (Å²) in [6.07, 6.45) is 3.17. The maximum absolute atomic E-state index is 12.3. The lowest BCUT2D eigenvalue weighted by Gasteiger charge is -2.21. The van der Waals surface area contributed by atoms with Crippen molar-refractivity contribution in [1.82, 2.24) is 5.32 Å². The summed E-state index contributed by atoms with van der Waals surface area (Å²) in [7, 11) is 0. The minimum absolute atomic E-state index is 0.256. The molecule has 24 heavy (non-hydrogen) atoms. The molecule has 0 aromatic heterocycles. The van der Waals surface area contributed by atoms with Crippen LogP contribution in [0.4, 0.5) is 5.69 Å². The van der Waals surface area contributed by atoms with E-state index in [4.69, 9.17) is 5.73 Å². The maximum Gasteiger partial charge on any atom is 0.273 e. The van der Waals surface area contributed by atoms with Gasteiger partial charge in [-0.1, -0.05) is 30.3 Å². The first kappa shape index (κ1) is 15.5. The Morgan fingerprint density at radius 3 is 2.42 bits per heavy atom. The molecule has 6 heteroatoms. The third-order valence-corrected chi connectivity index (χ3v) is 3.58. The summed E-state index contributed by atoms with van der Waals surface area (Å²) in [6, 6.07) is 15.8. The van der Waals surface area contributed by atoms with E-state index in [2.05, 4.69) is 15.6 Å². The van der Waals surface area contributed by atoms with Crippen LogP contribution in [-0.2, 0) is 4.79 Å². The van der Waals surface area contributed by atoms with Crippen molar-refractivity contribution in [2.75, 3.05) is 5.32 Å². The normalized spacial score (nSPS) is 16.0. The van der Waals surface area contributed by atoms with Gasteiger partial charge in [0.15, 0.2) is 0 Å². The largest absolute Gasteiger partial charge is 0.368 e. The Kier molecular flexibility index (Phi) is 4.38. The highest BCUT2D eigenvalue weighted by molar-refractivity contribution is 6.04. The Bertz CT molecular complexity index is 811. The first-order valence-corrected chi connectivity index (χ1v) is 7.39. The van der Waals surface area contributed by atoms with E-state index in [1.54, 1.807) is 30.5 Å². The molecule has 1 atom stereocenters. The van der Waals surface area contributed by atoms with Crippen molar-refractivity contribution in [2.24, 2.45) is 10.7 Å². The molecule has 6 nitrogen and oxygen atoms in total. The second-order valence-electron chi connectivity index (χ2n) is 5.27. The zero-order valence-corrected chi connectivity index (χ0v) is 12.8. The van der Waals surface area contributed by atoms with Crippen LogP contribution in [0.25, 0.3) is 0 Å². The van der Waals surface area contributed by atoms with Gasteiger partial charge in [-0.25, -0.2) is 0 Å². The average molecular weight is 320 g/mol. The number of carbonyl (C=O) groups is 2. The van der Waals surface area contributed by atoms with Gasteiger partial charge in [-0.05, 0) is 29.8 Å². The molecule has 0 fully saturated rings. The highest BCUT2D eigenvalue weighted by Crippen LogP contribution is 2.17. The lowest BCUT2D eigenvalue weighted by atomic mass is 10.0. The molecule has 2 aromatic rings. The SMILES string of the molecule is NC(=O)c1ccc(C2C=NC=C(C(=O)Nc3ccccc3)N2)cc1. The smallest absolute Gasteiger partial charge is 0.273 e. The van der Waals surface area contributed by atoms with Crippen LogP contribution in [0.2, 0.25) is 0 Å². The second kappa shape index (κ2) is 6.78. The van der Waals surface area contributed by atoms with Gasteiger partial charge in [0.05, 0.1) is 12.2 Å². The first-order valence-electron chi connectivity index (χ1n) is 7.39. The fraction of sp³-hybridized carbons (Fsp3) is 0.0556. The number of carbonyl (C=O) groups excluding carboxylic acids is 2. The molecule has 120 valence electrons. The third-order valence-electron chi connectivity index (χ3n) is 3.58. The number of rotatable bonds is 4. The number of nitrogens with two attached hydrogens (primary N) is 1. The Hall–Kier alpha value is -3.41. The molecule has 2 amide bonds. The number of hydrogen-bond donors (Lipinski definition) is 3. The number of nitrogens with zero attached hydrogens (tertiary/aromatic N) is 1. The lowest BCUT2D eigenvalue weighted by Crippen LogP contribution is -2.31. The predicted molar refractivity (Wildman–Crippen MR) is 92.5 cm³/mol. The van der Waals surface area contributed by atoms with Crippen LogP contribution in [0.3, 0.4) is 0 Å². The number of para-hydroxylation sites is 1. The van der Waals surface area contributed by atoms with Crippen molar-refractivity contribution in [2.45, 2.75) is 6.04 Å². The molecule has 0 aliphatic carbocycles. The molecule has 0 radical (unpaired) electrons. The summed E-state index contributed by atoms with van der Waals surface area (Å²) in [4.78, 5) is 27.6. The molecule has 4 N–H and O–H groups in total. The zero-order chi connectivity index (χ0) is 16.9. The van der Waals surface area contributed by atoms with E-state index in [9.17, 15) is 9.59 Å². The number of anilines is 1. The van der Waals surface area contributed by atoms with Crippen molar-refractivity contribution in [3.05, 3.63) is 77.6 Å². The minimum Gasteiger partial charge on any atom is -0.368 e. The van der Waals surface area contributed by atoms with E-state index in [-0.39, 0.29) is 11.9 Å². The van der Waals surface area contributed by atoms with Crippen LogP contribution in [0.15, 0.2) is 71.5 Å². The van der Waals surface area contributed by atoms with Gasteiger partial charge in [0.2, 0.25) is 5.91 Å². The quantitative estimate of drug-likeness (QED) is 0.803. The highest BCUT2D eigenvalue weighted by Gasteiger charge is 2.18. The number of aliphatic imine (C=N–C) groups is 1. The third kappa shape index (κ3) is 3.49. The predicted octanol–water partition coefficient (Wildman–Crippen LogP) is 1.98. The van der Waals surface area contributed by atoms with Crippen LogP contribution in [-0.4, -0.2) is 18.0 Å². The Balaban J connectivity index is 1.70. The van der Waals surface area contributed by atoms with Gasteiger partial charge in [-0.3, -0.25) is 14.6 Å². The van der Waals surface area contributed by atoms with Crippen LogP contribution in [0.5, 0.6) is 0 Å². The molecule has 3 rings (SSSR count). The minimum atomic E-state index is -0.477. The van der Waals surface area contributed by atoms with Crippen molar-refractivity contribution in [3.63, 3.8) is 0 Å². The molecular formula is C18H16N4O2. The number of nitrogens with one attached hydrogen (secondary N) is 2. The van der Waals surface area contributed by atoms with Gasteiger partial charge >= 0.3 is 0 Å². The van der Waals surface area contributed by atoms with Crippen LogP contribution in [0, 0.1) is 0 Å². The van der Waals surface area contributed by atoms with Gasteiger partial charge < -0.3 is 16.4 Å². The molecule has 1 unspecified atom stereocenters. The lowest BCUT2D eigenvalue weighted by molar-refractivity contribution is -0.113. The summed E-state index contributed by atoms with van der Waals surface area (Å²) < 4.78 is 0. The molecular weight excluding hydrogens is 304 g/mol. The molecule has 0 bridgehead atoms. The Morgan fingerprint density at radius 2 is 1.75 bits per heavy atom. The van der Waals surface area contributed by atoms with Gasteiger partial charge in [0.1, 0.15) is 5.70 Å². The molecule has 2 aromatic carbocycles. The van der Waals surface area contributed by atoms with E-state index < -0.39 is 5.91 Å². The van der Waals surface area contributed by atoms with E-state index in [0.29, 0.717) is 16.9 Å². The molecule has 0 spiro atoms. The number of benzene rings is 2. The zero-order valence-electron chi connectivity index (χ0n) is 12.8. The van der Waals surface area contributed by atoms with Gasteiger partial charge in [-0.15, -0.1) is 0 Å². The number of hydrogen-bond acceptors (Lipinski definition) is 4. The maximum atomic E-state index is 12.3. The van der Waals surface area contributed by atoms with Crippen LogP contribution >= 0.6 is 0 Å². The summed E-state index contributed by atoms with van der Waals surface area (Å²) in [6.45, 7) is 0. The molecule has 0 saturated carbocycles. The standard InChI is InChI=1S/C18H16N4O2/c19-17(23)13-8-6-12(7-9-13)15-10-20-11-16(22-15)18(24)21-14-4-2-1-3-5-14/h1-11,15,22H,(H2,19,23)(H,21,24). The molecule has 1 aliphatic heterocycles. The summed E-state index contributed by atoms with van der Waals surface area (Å²) in [5.74, 6) is -0.744. The van der Waals surface area contributed by atoms with Crippen LogP contribution < -0.4 is 16.4 Å². The van der Waals surface area contributed by atoms with Crippen molar-refractivity contribution < 1.29 is 9.59 Å². The summed E-state index contributed by atoms with van der Waals surface area (Å²) >= 11 is 0. The topological polar surface area (TPSA) is 96.6 Å². The van der Waals surface area contributed by atoms with Crippen molar-refractivity contribution in [1.29, 1.82) is 0 Å². The fourth-order valence-electron chi connectivity index (χ4n) is 2.31. The van der Waals surface area contributed by atoms with Gasteiger partial charge in [0, 0.05) is 17.5 Å². The Morgan fingerprint density at radius 1 is 1.04 bits per heavy atom. The molecule has 0 saturated heterocycles. The summed E-state index contributed by atoms with van der Waals surface area (Å²) in [5.41, 5.74) is 7.62. The summed E-state index contributed by atoms with van der Waals surface area (Å²) in [5, 5.41) is 5.92. The van der Waals surface area contributed by atoms with Crippen LogP contribution in [0.1, 0.15) is 22.0 Å². The average Bonchev–Trinajstić information content (AvgIpc) is 2.63. The van der Waals surface area contributed by atoms with E-state index in [1.807, 2.05) is 30.3 Å². The molecule has 1 heterocycles. The van der Waals surface area contributed by atoms with E-state index in [0.717, 1.165) is 5.56 Å². The monoisotopic (exact) mass is 320 g/mol. The fourth-order valence-corrected chi connectivity index (χ4v) is 2.31. The first-order chi connectivity index (χ1) is 11.6. The van der Waals surface area contributed by atoms with Crippen molar-refractivity contribution >= 4 is 23.7 Å². The van der Waals surface area contributed by atoms with Gasteiger partial charge in [-0.2, -0.15) is 0 Å².